The fourth-order valence-electron chi connectivity index (χ4n) is 2.39. The number of rotatable bonds is 6. The third-order valence-corrected chi connectivity index (χ3v) is 4.35. The van der Waals surface area contributed by atoms with Gasteiger partial charge in [-0.2, -0.15) is 13.2 Å². The van der Waals surface area contributed by atoms with E-state index in [-0.39, 0.29) is 16.2 Å². The van der Waals surface area contributed by atoms with E-state index in [1.54, 1.807) is 20.8 Å². The van der Waals surface area contributed by atoms with E-state index in [1.807, 2.05) is 0 Å². The first-order valence-electron chi connectivity index (χ1n) is 8.68. The number of nitrogens with zero attached hydrogens (tertiary/aromatic N) is 1. The molecule has 30 heavy (non-hydrogen) atoms. The van der Waals surface area contributed by atoms with Crippen LogP contribution in [0, 0.1) is 0 Å². The van der Waals surface area contributed by atoms with Gasteiger partial charge in [-0.25, -0.2) is 9.59 Å². The summed E-state index contributed by atoms with van der Waals surface area (Å²) in [5.41, 5.74) is -5.44. The minimum absolute atomic E-state index is 0.0135. The monoisotopic (exact) mass is 448 g/mol. The van der Waals surface area contributed by atoms with Gasteiger partial charge >= 0.3 is 17.6 Å². The Kier molecular flexibility index (Phi) is 7.01. The highest BCUT2D eigenvalue weighted by molar-refractivity contribution is 8.00. The number of amides is 3. The molecule has 0 fully saturated rings. The molecule has 2 rings (SSSR count). The van der Waals surface area contributed by atoms with Crippen molar-refractivity contribution < 1.29 is 41.9 Å². The van der Waals surface area contributed by atoms with Crippen molar-refractivity contribution in [2.75, 3.05) is 5.75 Å². The zero-order valence-electron chi connectivity index (χ0n) is 16.2. The van der Waals surface area contributed by atoms with Crippen molar-refractivity contribution in [2.45, 2.75) is 44.3 Å². The number of imide groups is 1. The molecule has 0 bridgehead atoms. The fourth-order valence-corrected chi connectivity index (χ4v) is 2.98. The number of hydroxylamine groups is 2. The van der Waals surface area contributed by atoms with Crippen LogP contribution in [0.1, 0.15) is 47.9 Å². The summed E-state index contributed by atoms with van der Waals surface area (Å²) in [6, 6.07) is 4.16. The standard InChI is InChI=1S/C18H19F3N2O6S/c1-17(2,3)28-16(27)22-12(8-9-30-18(19,20)21)15(26)29-23-13(24)10-6-4-5-7-11(10)14(23)25/h4-7,12H,8-9H2,1-3H3,(H,22,27)/t12-/m0/s1. The maximum atomic E-state index is 12.5. The van der Waals surface area contributed by atoms with E-state index in [0.29, 0.717) is 0 Å². The van der Waals surface area contributed by atoms with Crippen LogP contribution in [0.15, 0.2) is 24.3 Å². The van der Waals surface area contributed by atoms with Gasteiger partial charge in [-0.05, 0) is 39.3 Å². The van der Waals surface area contributed by atoms with Crippen LogP contribution < -0.4 is 5.32 Å². The van der Waals surface area contributed by atoms with E-state index < -0.39 is 65.0 Å². The lowest BCUT2D eigenvalue weighted by Crippen LogP contribution is -2.47. The van der Waals surface area contributed by atoms with Crippen molar-refractivity contribution in [1.29, 1.82) is 0 Å². The fraction of sp³-hybridized carbons (Fsp3) is 0.444. The van der Waals surface area contributed by atoms with Crippen LogP contribution in [0.3, 0.4) is 0 Å². The van der Waals surface area contributed by atoms with E-state index in [1.165, 1.54) is 24.3 Å². The number of hydrogen-bond donors (Lipinski definition) is 1. The molecule has 1 aliphatic rings. The molecule has 1 aliphatic heterocycles. The maximum absolute atomic E-state index is 12.5. The molecule has 12 heteroatoms. The summed E-state index contributed by atoms with van der Waals surface area (Å²) < 4.78 is 42.2. The highest BCUT2D eigenvalue weighted by Crippen LogP contribution is 2.31. The van der Waals surface area contributed by atoms with Crippen LogP contribution in [-0.2, 0) is 14.4 Å². The number of halogens is 3. The van der Waals surface area contributed by atoms with E-state index in [0.717, 1.165) is 0 Å². The molecule has 0 spiro atoms. The van der Waals surface area contributed by atoms with Gasteiger partial charge in [0.2, 0.25) is 0 Å². The minimum Gasteiger partial charge on any atom is -0.444 e. The lowest BCUT2D eigenvalue weighted by molar-refractivity contribution is -0.171. The second-order valence-electron chi connectivity index (χ2n) is 7.14. The molecule has 1 aromatic rings. The Morgan fingerprint density at radius 1 is 1.10 bits per heavy atom. The Labute approximate surface area is 174 Å². The number of benzene rings is 1. The van der Waals surface area contributed by atoms with Gasteiger partial charge in [0.1, 0.15) is 11.6 Å². The van der Waals surface area contributed by atoms with Gasteiger partial charge in [0, 0.05) is 5.75 Å². The first-order valence-corrected chi connectivity index (χ1v) is 9.67. The molecule has 1 heterocycles. The number of alkyl carbamates (subject to hydrolysis) is 1. The Morgan fingerprint density at radius 2 is 1.63 bits per heavy atom. The molecular formula is C18H19F3N2O6S. The van der Waals surface area contributed by atoms with Crippen LogP contribution in [0.2, 0.25) is 0 Å². The summed E-state index contributed by atoms with van der Waals surface area (Å²) in [6.45, 7) is 4.66. The highest BCUT2D eigenvalue weighted by Gasteiger charge is 2.40. The van der Waals surface area contributed by atoms with Gasteiger partial charge in [0.25, 0.3) is 11.8 Å². The lowest BCUT2D eigenvalue weighted by Gasteiger charge is -2.23. The second kappa shape index (κ2) is 8.94. The molecule has 0 radical (unpaired) electrons. The summed E-state index contributed by atoms with van der Waals surface area (Å²) >= 11 is -0.394. The molecule has 1 atom stereocenters. The average molecular weight is 448 g/mol. The van der Waals surface area contributed by atoms with Crippen molar-refractivity contribution >= 4 is 35.6 Å². The van der Waals surface area contributed by atoms with Crippen molar-refractivity contribution in [2.24, 2.45) is 0 Å². The van der Waals surface area contributed by atoms with Crippen LogP contribution in [-0.4, -0.2) is 51.8 Å². The first-order chi connectivity index (χ1) is 13.8. The predicted molar refractivity (Wildman–Crippen MR) is 99.3 cm³/mol. The molecule has 0 aromatic heterocycles. The molecule has 0 aliphatic carbocycles. The molecule has 164 valence electrons. The van der Waals surface area contributed by atoms with E-state index in [4.69, 9.17) is 9.57 Å². The van der Waals surface area contributed by atoms with Gasteiger partial charge in [0.05, 0.1) is 11.1 Å². The molecule has 1 aromatic carbocycles. The zero-order valence-corrected chi connectivity index (χ0v) is 17.1. The quantitative estimate of drug-likeness (QED) is 0.667. The maximum Gasteiger partial charge on any atom is 0.441 e. The Morgan fingerprint density at radius 3 is 2.10 bits per heavy atom. The third kappa shape index (κ3) is 6.37. The SMILES string of the molecule is CC(C)(C)OC(=O)N[C@@H](CCSC(F)(F)F)C(=O)ON1C(=O)c2ccccc2C1=O. The lowest BCUT2D eigenvalue weighted by atomic mass is 10.1. The van der Waals surface area contributed by atoms with Crippen LogP contribution in [0.4, 0.5) is 18.0 Å². The normalized spacial score (nSPS) is 14.9. The van der Waals surface area contributed by atoms with Gasteiger partial charge in [-0.1, -0.05) is 29.0 Å². The van der Waals surface area contributed by atoms with Crippen LogP contribution in [0.5, 0.6) is 0 Å². The minimum atomic E-state index is -4.54. The summed E-state index contributed by atoms with van der Waals surface area (Å²) in [5.74, 6) is -3.66. The third-order valence-electron chi connectivity index (χ3n) is 3.59. The number of hydrogen-bond acceptors (Lipinski definition) is 7. The van der Waals surface area contributed by atoms with Gasteiger partial charge < -0.3 is 14.9 Å². The molecule has 0 saturated carbocycles. The summed E-state index contributed by atoms with van der Waals surface area (Å²) in [4.78, 5) is 53.8. The number of nitrogens with one attached hydrogen (secondary N) is 1. The molecule has 3 amide bonds. The highest BCUT2D eigenvalue weighted by atomic mass is 32.2. The molecule has 0 unspecified atom stereocenters. The molecule has 1 N–H and O–H groups in total. The topological polar surface area (TPSA) is 102 Å². The largest absolute Gasteiger partial charge is 0.444 e. The van der Waals surface area contributed by atoms with Gasteiger partial charge in [-0.3, -0.25) is 9.59 Å². The van der Waals surface area contributed by atoms with E-state index in [9.17, 15) is 32.3 Å². The second-order valence-corrected chi connectivity index (χ2v) is 8.30. The van der Waals surface area contributed by atoms with Gasteiger partial charge in [0.15, 0.2) is 0 Å². The number of alkyl halides is 3. The summed E-state index contributed by atoms with van der Waals surface area (Å²) in [6.07, 6.45) is -1.55. The molecular weight excluding hydrogens is 429 g/mol. The van der Waals surface area contributed by atoms with Crippen molar-refractivity contribution in [3.05, 3.63) is 35.4 Å². The molecule has 8 nitrogen and oxygen atoms in total. The van der Waals surface area contributed by atoms with Crippen LogP contribution >= 0.6 is 11.8 Å². The van der Waals surface area contributed by atoms with E-state index >= 15 is 0 Å². The number of fused-ring (bicyclic) bond motifs is 1. The first kappa shape index (κ1) is 23.5. The smallest absolute Gasteiger partial charge is 0.441 e. The number of ether oxygens (including phenoxy) is 1. The van der Waals surface area contributed by atoms with E-state index in [2.05, 4.69) is 5.32 Å². The Hall–Kier alpha value is -2.76. The van der Waals surface area contributed by atoms with Crippen molar-refractivity contribution in [3.63, 3.8) is 0 Å². The zero-order chi connectivity index (χ0) is 22.7. The number of thioether (sulfide) groups is 1. The Balaban J connectivity index is 2.10. The molecule has 0 saturated heterocycles. The Bertz CT molecular complexity index is 818. The van der Waals surface area contributed by atoms with Crippen molar-refractivity contribution in [3.8, 4) is 0 Å². The van der Waals surface area contributed by atoms with Crippen LogP contribution in [0.25, 0.3) is 0 Å². The van der Waals surface area contributed by atoms with Crippen molar-refractivity contribution in [1.82, 2.24) is 10.4 Å². The number of carbonyl (C=O) groups is 4. The average Bonchev–Trinajstić information content (AvgIpc) is 2.83. The summed E-state index contributed by atoms with van der Waals surface area (Å²) in [5, 5.41) is 2.33. The predicted octanol–water partition coefficient (Wildman–Crippen LogP) is 3.28. The summed E-state index contributed by atoms with van der Waals surface area (Å²) in [7, 11) is 0. The number of carbonyl (C=O) groups excluding carboxylic acids is 4. The van der Waals surface area contributed by atoms with Gasteiger partial charge in [-0.15, -0.1) is 0 Å².